The van der Waals surface area contributed by atoms with Gasteiger partial charge in [0.1, 0.15) is 5.00 Å². The molecule has 1 aromatic rings. The summed E-state index contributed by atoms with van der Waals surface area (Å²) in [6, 6.07) is 0. The number of nitrogens with one attached hydrogen (secondary N) is 2. The van der Waals surface area contributed by atoms with Crippen molar-refractivity contribution in [1.29, 1.82) is 0 Å². The third-order valence-corrected chi connectivity index (χ3v) is 5.96. The molecule has 1 fully saturated rings. The lowest BCUT2D eigenvalue weighted by Gasteiger charge is -2.18. The lowest BCUT2D eigenvalue weighted by molar-refractivity contribution is 0.0601. The SMILES string of the molecule is CCN(CC)C(=O)c1sc(NC(=S)NCC2CCCO2)c(C(=O)OC)c1C. The van der Waals surface area contributed by atoms with E-state index in [1.807, 2.05) is 13.8 Å². The first-order valence-electron chi connectivity index (χ1n) is 9.10. The highest BCUT2D eigenvalue weighted by molar-refractivity contribution is 7.80. The summed E-state index contributed by atoms with van der Waals surface area (Å²) < 4.78 is 10.5. The van der Waals surface area contributed by atoms with Gasteiger partial charge in [-0.05, 0) is 51.4 Å². The number of thiophene rings is 1. The zero-order valence-corrected chi connectivity index (χ0v) is 17.8. The summed E-state index contributed by atoms with van der Waals surface area (Å²) in [6.07, 6.45) is 2.21. The predicted octanol–water partition coefficient (Wildman–Crippen LogP) is 2.79. The monoisotopic (exact) mass is 413 g/mol. The van der Waals surface area contributed by atoms with E-state index in [0.29, 0.717) is 45.8 Å². The molecule has 0 saturated carbocycles. The van der Waals surface area contributed by atoms with Crippen molar-refractivity contribution in [3.8, 4) is 0 Å². The van der Waals surface area contributed by atoms with Crippen molar-refractivity contribution >= 4 is 45.5 Å². The lowest BCUT2D eigenvalue weighted by atomic mass is 10.1. The molecule has 1 atom stereocenters. The Labute approximate surface area is 169 Å². The molecule has 7 nitrogen and oxygen atoms in total. The molecule has 9 heteroatoms. The van der Waals surface area contributed by atoms with Crippen LogP contribution in [0.1, 0.15) is 52.3 Å². The molecule has 1 amide bonds. The second kappa shape index (κ2) is 10.0. The van der Waals surface area contributed by atoms with Crippen LogP contribution in [-0.2, 0) is 9.47 Å². The average Bonchev–Trinajstić information content (AvgIpc) is 3.28. The predicted molar refractivity (Wildman–Crippen MR) is 111 cm³/mol. The van der Waals surface area contributed by atoms with Crippen LogP contribution < -0.4 is 10.6 Å². The topological polar surface area (TPSA) is 79.9 Å². The Balaban J connectivity index is 2.20. The van der Waals surface area contributed by atoms with Crippen molar-refractivity contribution in [2.24, 2.45) is 0 Å². The number of rotatable bonds is 7. The van der Waals surface area contributed by atoms with Gasteiger partial charge in [0.15, 0.2) is 5.11 Å². The fourth-order valence-electron chi connectivity index (χ4n) is 2.97. The fraction of sp³-hybridized carbons (Fsp3) is 0.611. The van der Waals surface area contributed by atoms with Crippen LogP contribution in [0.2, 0.25) is 0 Å². The minimum Gasteiger partial charge on any atom is -0.465 e. The van der Waals surface area contributed by atoms with E-state index in [1.165, 1.54) is 18.4 Å². The normalized spacial score (nSPS) is 16.1. The Morgan fingerprint density at radius 1 is 1.37 bits per heavy atom. The third kappa shape index (κ3) is 5.18. The number of carbonyl (C=O) groups is 2. The number of amides is 1. The summed E-state index contributed by atoms with van der Waals surface area (Å²) in [5.74, 6) is -0.592. The van der Waals surface area contributed by atoms with Crippen LogP contribution in [0.5, 0.6) is 0 Å². The van der Waals surface area contributed by atoms with Gasteiger partial charge in [-0.3, -0.25) is 4.79 Å². The van der Waals surface area contributed by atoms with E-state index in [9.17, 15) is 9.59 Å². The molecular formula is C18H27N3O4S2. The first kappa shape index (κ1) is 21.6. The number of nitrogens with zero attached hydrogens (tertiary/aromatic N) is 1. The van der Waals surface area contributed by atoms with Crippen molar-refractivity contribution in [2.75, 3.05) is 38.7 Å². The first-order valence-corrected chi connectivity index (χ1v) is 10.3. The van der Waals surface area contributed by atoms with Crippen LogP contribution >= 0.6 is 23.6 Å². The Kier molecular flexibility index (Phi) is 8.00. The van der Waals surface area contributed by atoms with Gasteiger partial charge in [0.2, 0.25) is 0 Å². The smallest absolute Gasteiger partial charge is 0.341 e. The summed E-state index contributed by atoms with van der Waals surface area (Å²) in [7, 11) is 1.32. The van der Waals surface area contributed by atoms with Crippen LogP contribution in [0.25, 0.3) is 0 Å². The zero-order valence-electron chi connectivity index (χ0n) is 16.2. The molecule has 0 spiro atoms. The number of thiocarbonyl (C=S) groups is 1. The molecule has 0 bridgehead atoms. The van der Waals surface area contributed by atoms with Crippen LogP contribution in [0.3, 0.4) is 0 Å². The second-order valence-corrected chi connectivity index (χ2v) is 7.63. The van der Waals surface area contributed by atoms with Gasteiger partial charge in [0, 0.05) is 26.2 Å². The third-order valence-electron chi connectivity index (χ3n) is 4.52. The van der Waals surface area contributed by atoms with Crippen LogP contribution in [0, 0.1) is 6.92 Å². The average molecular weight is 414 g/mol. The van der Waals surface area contributed by atoms with E-state index in [2.05, 4.69) is 10.6 Å². The molecule has 1 aliphatic heterocycles. The number of anilines is 1. The summed E-state index contributed by atoms with van der Waals surface area (Å²) in [6.45, 7) is 8.20. The highest BCUT2D eigenvalue weighted by atomic mass is 32.1. The number of carbonyl (C=O) groups excluding carboxylic acids is 2. The Hall–Kier alpha value is -1.71. The van der Waals surface area contributed by atoms with E-state index in [-0.39, 0.29) is 12.0 Å². The standard InChI is InChI=1S/C18H27N3O4S2/c1-5-21(6-2)16(22)14-11(3)13(17(23)24-4)15(27-14)20-18(26)19-10-12-8-7-9-25-12/h12H,5-10H2,1-4H3,(H2,19,20,26). The molecular weight excluding hydrogens is 386 g/mol. The van der Waals surface area contributed by atoms with Crippen LogP contribution in [-0.4, -0.2) is 61.3 Å². The molecule has 0 radical (unpaired) electrons. The number of hydrogen-bond donors (Lipinski definition) is 2. The minimum absolute atomic E-state index is 0.0982. The van der Waals surface area contributed by atoms with Gasteiger partial charge >= 0.3 is 5.97 Å². The summed E-state index contributed by atoms with van der Waals surface area (Å²) in [4.78, 5) is 27.3. The van der Waals surface area contributed by atoms with Crippen LogP contribution in [0.15, 0.2) is 0 Å². The Bertz CT molecular complexity index is 695. The summed E-state index contributed by atoms with van der Waals surface area (Å²) in [5.41, 5.74) is 0.951. The zero-order chi connectivity index (χ0) is 20.0. The van der Waals surface area contributed by atoms with Gasteiger partial charge in [-0.15, -0.1) is 11.3 Å². The number of hydrogen-bond acceptors (Lipinski definition) is 6. The minimum atomic E-state index is -0.494. The second-order valence-electron chi connectivity index (χ2n) is 6.20. The highest BCUT2D eigenvalue weighted by Crippen LogP contribution is 2.34. The Morgan fingerprint density at radius 2 is 2.07 bits per heavy atom. The van der Waals surface area contributed by atoms with Crippen LogP contribution in [0.4, 0.5) is 5.00 Å². The van der Waals surface area contributed by atoms with Crippen molar-refractivity contribution < 1.29 is 19.1 Å². The van der Waals surface area contributed by atoms with E-state index < -0.39 is 5.97 Å². The van der Waals surface area contributed by atoms with Gasteiger partial charge in [-0.1, -0.05) is 0 Å². The molecule has 1 aliphatic rings. The number of methoxy groups -OCH3 is 1. The molecule has 1 unspecified atom stereocenters. The van der Waals surface area contributed by atoms with E-state index in [1.54, 1.807) is 11.8 Å². The highest BCUT2D eigenvalue weighted by Gasteiger charge is 2.27. The van der Waals surface area contributed by atoms with Gasteiger partial charge < -0.3 is 25.0 Å². The first-order chi connectivity index (χ1) is 12.9. The molecule has 2 heterocycles. The number of esters is 1. The maximum atomic E-state index is 12.8. The number of ether oxygens (including phenoxy) is 2. The van der Waals surface area contributed by atoms with E-state index >= 15 is 0 Å². The molecule has 27 heavy (non-hydrogen) atoms. The molecule has 2 rings (SSSR count). The molecule has 0 aromatic carbocycles. The van der Waals surface area contributed by atoms with Gasteiger partial charge in [-0.2, -0.15) is 0 Å². The fourth-order valence-corrected chi connectivity index (χ4v) is 4.38. The summed E-state index contributed by atoms with van der Waals surface area (Å²) >= 11 is 6.57. The van der Waals surface area contributed by atoms with Gasteiger partial charge in [0.25, 0.3) is 5.91 Å². The molecule has 150 valence electrons. The summed E-state index contributed by atoms with van der Waals surface area (Å²) in [5, 5.41) is 7.07. The maximum Gasteiger partial charge on any atom is 0.341 e. The molecule has 2 N–H and O–H groups in total. The largest absolute Gasteiger partial charge is 0.465 e. The quantitative estimate of drug-likeness (QED) is 0.526. The van der Waals surface area contributed by atoms with Gasteiger partial charge in [0.05, 0.1) is 23.7 Å². The van der Waals surface area contributed by atoms with Crippen molar-refractivity contribution in [1.82, 2.24) is 10.2 Å². The van der Waals surface area contributed by atoms with Crippen molar-refractivity contribution in [3.63, 3.8) is 0 Å². The lowest BCUT2D eigenvalue weighted by Crippen LogP contribution is -2.34. The Morgan fingerprint density at radius 3 is 2.63 bits per heavy atom. The van der Waals surface area contributed by atoms with E-state index in [0.717, 1.165) is 19.4 Å². The molecule has 1 saturated heterocycles. The van der Waals surface area contributed by atoms with Crippen molar-refractivity contribution in [2.45, 2.75) is 39.7 Å². The molecule has 0 aliphatic carbocycles. The van der Waals surface area contributed by atoms with Crippen molar-refractivity contribution in [3.05, 3.63) is 16.0 Å². The molecule has 1 aromatic heterocycles. The van der Waals surface area contributed by atoms with E-state index in [4.69, 9.17) is 21.7 Å². The maximum absolute atomic E-state index is 12.8. The van der Waals surface area contributed by atoms with Gasteiger partial charge in [-0.25, -0.2) is 4.79 Å².